The Morgan fingerprint density at radius 2 is 2.41 bits per heavy atom. The standard InChI is InChI=1S/C11H10BrN3OS/c1-14-8(16)3-2-6-4-15-11(13)9-7(12)5-17-10(6)9/h2-5H,1H3,(H2,13,15)(H,14,16). The number of carbonyl (C=O) groups is 1. The number of halogens is 1. The second-order valence-electron chi connectivity index (χ2n) is 3.33. The number of nitrogens with two attached hydrogens (primary N) is 1. The summed E-state index contributed by atoms with van der Waals surface area (Å²) in [4.78, 5) is 15.3. The van der Waals surface area contributed by atoms with Crippen LogP contribution < -0.4 is 11.1 Å². The maximum atomic E-state index is 11.1. The molecular weight excluding hydrogens is 302 g/mol. The predicted octanol–water partition coefficient (Wildman–Crippen LogP) is 2.40. The van der Waals surface area contributed by atoms with E-state index in [1.807, 2.05) is 5.38 Å². The molecule has 1 amide bonds. The third kappa shape index (κ3) is 2.32. The lowest BCUT2D eigenvalue weighted by Crippen LogP contribution is -2.13. The first-order chi connectivity index (χ1) is 8.13. The number of amides is 1. The predicted molar refractivity (Wildman–Crippen MR) is 74.8 cm³/mol. The van der Waals surface area contributed by atoms with Crippen LogP contribution in [0.1, 0.15) is 5.56 Å². The lowest BCUT2D eigenvalue weighted by molar-refractivity contribution is -0.115. The van der Waals surface area contributed by atoms with Gasteiger partial charge in [-0.15, -0.1) is 11.3 Å². The second-order valence-corrected chi connectivity index (χ2v) is 5.07. The number of thiophene rings is 1. The van der Waals surface area contributed by atoms with E-state index in [9.17, 15) is 4.79 Å². The fraction of sp³-hybridized carbons (Fsp3) is 0.0909. The summed E-state index contributed by atoms with van der Waals surface area (Å²) in [5.74, 6) is 0.343. The van der Waals surface area contributed by atoms with Crippen LogP contribution in [-0.2, 0) is 4.79 Å². The molecule has 2 rings (SSSR count). The van der Waals surface area contributed by atoms with Crippen molar-refractivity contribution in [3.05, 3.63) is 27.7 Å². The van der Waals surface area contributed by atoms with Crippen LogP contribution in [0, 0.1) is 0 Å². The molecule has 0 spiro atoms. The number of nitrogens with one attached hydrogen (secondary N) is 1. The largest absolute Gasteiger partial charge is 0.383 e. The Kier molecular flexibility index (Phi) is 3.44. The van der Waals surface area contributed by atoms with Crippen molar-refractivity contribution < 1.29 is 4.79 Å². The van der Waals surface area contributed by atoms with Crippen LogP contribution in [-0.4, -0.2) is 17.9 Å². The molecule has 0 aliphatic rings. The molecule has 17 heavy (non-hydrogen) atoms. The summed E-state index contributed by atoms with van der Waals surface area (Å²) in [5.41, 5.74) is 6.70. The van der Waals surface area contributed by atoms with Gasteiger partial charge in [0.1, 0.15) is 5.82 Å². The summed E-state index contributed by atoms with van der Waals surface area (Å²) in [6, 6.07) is 0. The van der Waals surface area contributed by atoms with Crippen LogP contribution in [0.5, 0.6) is 0 Å². The normalized spacial score (nSPS) is 11.2. The van der Waals surface area contributed by atoms with E-state index in [1.165, 1.54) is 6.08 Å². The Morgan fingerprint density at radius 1 is 1.65 bits per heavy atom. The van der Waals surface area contributed by atoms with Crippen molar-refractivity contribution in [3.63, 3.8) is 0 Å². The lowest BCUT2D eigenvalue weighted by atomic mass is 10.2. The van der Waals surface area contributed by atoms with Crippen molar-refractivity contribution in [1.29, 1.82) is 0 Å². The fourth-order valence-corrected chi connectivity index (χ4v) is 3.16. The first-order valence-electron chi connectivity index (χ1n) is 4.84. The average molecular weight is 312 g/mol. The summed E-state index contributed by atoms with van der Waals surface area (Å²) in [5, 5.41) is 5.38. The molecule has 2 heterocycles. The minimum atomic E-state index is -0.148. The summed E-state index contributed by atoms with van der Waals surface area (Å²) in [6.07, 6.45) is 4.87. The molecule has 0 fully saturated rings. The number of aromatic nitrogens is 1. The molecule has 0 unspecified atom stereocenters. The van der Waals surface area contributed by atoms with Crippen molar-refractivity contribution >= 4 is 55.2 Å². The highest BCUT2D eigenvalue weighted by Crippen LogP contribution is 2.35. The zero-order valence-electron chi connectivity index (χ0n) is 9.03. The van der Waals surface area contributed by atoms with Gasteiger partial charge in [0.25, 0.3) is 0 Å². The minimum Gasteiger partial charge on any atom is -0.383 e. The molecule has 0 radical (unpaired) electrons. The van der Waals surface area contributed by atoms with E-state index >= 15 is 0 Å². The van der Waals surface area contributed by atoms with Crippen molar-refractivity contribution in [2.75, 3.05) is 12.8 Å². The quantitative estimate of drug-likeness (QED) is 0.837. The summed E-state index contributed by atoms with van der Waals surface area (Å²) in [7, 11) is 1.59. The van der Waals surface area contributed by atoms with Crippen LogP contribution >= 0.6 is 27.3 Å². The minimum absolute atomic E-state index is 0.148. The van der Waals surface area contributed by atoms with E-state index in [2.05, 4.69) is 26.2 Å². The van der Waals surface area contributed by atoms with E-state index in [-0.39, 0.29) is 5.91 Å². The van der Waals surface area contributed by atoms with Gasteiger partial charge in [-0.25, -0.2) is 4.98 Å². The highest BCUT2D eigenvalue weighted by molar-refractivity contribution is 9.10. The number of hydrogen-bond acceptors (Lipinski definition) is 4. The molecule has 0 bridgehead atoms. The average Bonchev–Trinajstić information content (AvgIpc) is 2.71. The molecule has 6 heteroatoms. The maximum Gasteiger partial charge on any atom is 0.243 e. The van der Waals surface area contributed by atoms with Gasteiger partial charge in [0, 0.05) is 44.8 Å². The van der Waals surface area contributed by atoms with Crippen molar-refractivity contribution in [3.8, 4) is 0 Å². The molecule has 0 aromatic carbocycles. The monoisotopic (exact) mass is 311 g/mol. The van der Waals surface area contributed by atoms with E-state index < -0.39 is 0 Å². The van der Waals surface area contributed by atoms with Gasteiger partial charge in [-0.3, -0.25) is 4.79 Å². The molecule has 2 aromatic heterocycles. The number of pyridine rings is 1. The first kappa shape index (κ1) is 12.1. The van der Waals surface area contributed by atoms with E-state index in [4.69, 9.17) is 5.73 Å². The van der Waals surface area contributed by atoms with Gasteiger partial charge in [-0.1, -0.05) is 0 Å². The molecule has 2 aromatic rings. The van der Waals surface area contributed by atoms with Gasteiger partial charge < -0.3 is 11.1 Å². The lowest BCUT2D eigenvalue weighted by Gasteiger charge is -2.00. The number of nitrogen functional groups attached to an aromatic ring is 1. The Morgan fingerprint density at radius 3 is 3.12 bits per heavy atom. The van der Waals surface area contributed by atoms with E-state index in [1.54, 1.807) is 30.7 Å². The molecule has 0 saturated carbocycles. The molecule has 0 aliphatic heterocycles. The highest BCUT2D eigenvalue weighted by Gasteiger charge is 2.09. The van der Waals surface area contributed by atoms with Gasteiger partial charge in [-0.2, -0.15) is 0 Å². The zero-order chi connectivity index (χ0) is 12.4. The summed E-state index contributed by atoms with van der Waals surface area (Å²) >= 11 is 5.00. The number of carbonyl (C=O) groups excluding carboxylic acids is 1. The first-order valence-corrected chi connectivity index (χ1v) is 6.51. The number of anilines is 1. The van der Waals surface area contributed by atoms with Gasteiger partial charge in [0.15, 0.2) is 0 Å². The molecular formula is C11H10BrN3OS. The Labute approximate surface area is 111 Å². The zero-order valence-corrected chi connectivity index (χ0v) is 11.4. The Hall–Kier alpha value is -1.40. The number of nitrogens with zero attached hydrogens (tertiary/aromatic N) is 1. The van der Waals surface area contributed by atoms with E-state index in [0.29, 0.717) is 5.82 Å². The molecule has 88 valence electrons. The number of hydrogen-bond donors (Lipinski definition) is 2. The molecule has 0 saturated heterocycles. The Balaban J connectivity index is 2.53. The molecule has 4 nitrogen and oxygen atoms in total. The Bertz CT molecular complexity index is 606. The third-order valence-corrected chi connectivity index (χ3v) is 4.23. The molecule has 0 aliphatic carbocycles. The summed E-state index contributed by atoms with van der Waals surface area (Å²) in [6.45, 7) is 0. The fourth-order valence-electron chi connectivity index (χ4n) is 1.42. The van der Waals surface area contributed by atoms with Gasteiger partial charge in [0.2, 0.25) is 5.91 Å². The van der Waals surface area contributed by atoms with Crippen molar-refractivity contribution in [2.45, 2.75) is 0 Å². The molecule has 0 atom stereocenters. The van der Waals surface area contributed by atoms with Crippen LogP contribution in [0.15, 0.2) is 22.1 Å². The van der Waals surface area contributed by atoms with Gasteiger partial charge in [0.05, 0.1) is 0 Å². The topological polar surface area (TPSA) is 68.0 Å². The summed E-state index contributed by atoms with van der Waals surface area (Å²) < 4.78 is 1.95. The molecule has 3 N–H and O–H groups in total. The highest BCUT2D eigenvalue weighted by atomic mass is 79.9. The van der Waals surface area contributed by atoms with Crippen LogP contribution in [0.3, 0.4) is 0 Å². The van der Waals surface area contributed by atoms with Crippen LogP contribution in [0.4, 0.5) is 5.82 Å². The van der Waals surface area contributed by atoms with Gasteiger partial charge >= 0.3 is 0 Å². The van der Waals surface area contributed by atoms with Gasteiger partial charge in [-0.05, 0) is 22.0 Å². The maximum absolute atomic E-state index is 11.1. The van der Waals surface area contributed by atoms with Crippen LogP contribution in [0.25, 0.3) is 16.2 Å². The van der Waals surface area contributed by atoms with Crippen molar-refractivity contribution in [2.24, 2.45) is 0 Å². The third-order valence-electron chi connectivity index (χ3n) is 2.27. The number of rotatable bonds is 2. The smallest absolute Gasteiger partial charge is 0.243 e. The second kappa shape index (κ2) is 4.85. The number of fused-ring (bicyclic) bond motifs is 1. The van der Waals surface area contributed by atoms with E-state index in [0.717, 1.165) is 20.1 Å². The number of likely N-dealkylation sites (N-methyl/N-ethyl adjacent to an activating group) is 1. The van der Waals surface area contributed by atoms with Crippen molar-refractivity contribution in [1.82, 2.24) is 10.3 Å². The van der Waals surface area contributed by atoms with Crippen LogP contribution in [0.2, 0.25) is 0 Å². The SMILES string of the molecule is CNC(=O)C=Cc1cnc(N)c2c(Br)csc12.